The molecule has 0 bridgehead atoms. The van der Waals surface area contributed by atoms with Crippen molar-refractivity contribution in [1.82, 2.24) is 19.5 Å². The highest BCUT2D eigenvalue weighted by atomic mass is 32.7. The van der Waals surface area contributed by atoms with E-state index in [1.54, 1.807) is 4.57 Å². The van der Waals surface area contributed by atoms with Gasteiger partial charge in [-0.25, -0.2) is 15.0 Å². The minimum Gasteiger partial charge on any atom is -0.385 e. The number of nitrogens with zero attached hydrogens (tertiary/aromatic N) is 4. The molecule has 10 nitrogen and oxygen atoms in total. The number of imidazole rings is 1. The van der Waals surface area contributed by atoms with Crippen LogP contribution in [0.3, 0.4) is 0 Å². The van der Waals surface area contributed by atoms with Gasteiger partial charge in [-0.15, -0.1) is 0 Å². The fourth-order valence-corrected chi connectivity index (χ4v) is 4.14. The quantitative estimate of drug-likeness (QED) is 0.404. The highest BCUT2D eigenvalue weighted by molar-refractivity contribution is 8.47. The Kier molecular flexibility index (Phi) is 3.28. The van der Waals surface area contributed by atoms with Crippen molar-refractivity contribution in [3.8, 4) is 0 Å². The molecule has 118 valence electrons. The summed E-state index contributed by atoms with van der Waals surface area (Å²) in [5, 5.41) is 10.5. The van der Waals surface area contributed by atoms with Gasteiger partial charge in [0.25, 0.3) is 0 Å². The number of aliphatic hydroxyl groups excluding tert-OH is 1. The van der Waals surface area contributed by atoms with E-state index in [1.807, 2.05) is 0 Å². The van der Waals surface area contributed by atoms with Crippen molar-refractivity contribution < 1.29 is 23.8 Å². The molecule has 2 saturated heterocycles. The molecule has 2 aliphatic rings. The molecular weight excluding hydrogens is 333 g/mol. The molecule has 0 aromatic carbocycles. The average Bonchev–Trinajstić information content (AvgIpc) is 3.01. The molecule has 22 heavy (non-hydrogen) atoms. The highest BCUT2D eigenvalue weighted by Crippen LogP contribution is 2.66. The lowest BCUT2D eigenvalue weighted by Gasteiger charge is -2.25. The number of nitrogens with two attached hydrogens (primary N) is 1. The second-order valence-corrected chi connectivity index (χ2v) is 7.96. The van der Waals surface area contributed by atoms with Gasteiger partial charge in [-0.05, 0) is 0 Å². The summed E-state index contributed by atoms with van der Waals surface area (Å²) in [5.74, 6) is 0.240. The summed E-state index contributed by atoms with van der Waals surface area (Å²) in [5.41, 5.74) is 6.60. The van der Waals surface area contributed by atoms with Gasteiger partial charge in [0.1, 0.15) is 30.7 Å². The molecule has 0 radical (unpaired) electrons. The van der Waals surface area contributed by atoms with Crippen LogP contribution in [0.5, 0.6) is 0 Å². The maximum Gasteiger partial charge on any atom is 0.476 e. The summed E-state index contributed by atoms with van der Waals surface area (Å²) in [6, 6.07) is 0. The zero-order valence-corrected chi connectivity index (χ0v) is 12.8. The lowest BCUT2D eigenvalue weighted by molar-refractivity contribution is -0.0599. The molecule has 2 aromatic rings. The molecule has 2 aliphatic heterocycles. The molecule has 0 spiro atoms. The number of aromatic nitrogens is 4. The van der Waals surface area contributed by atoms with E-state index in [9.17, 15) is 10.00 Å². The van der Waals surface area contributed by atoms with Crippen LogP contribution in [0.15, 0.2) is 12.7 Å². The lowest BCUT2D eigenvalue weighted by atomic mass is 10.1. The largest absolute Gasteiger partial charge is 0.476 e. The van der Waals surface area contributed by atoms with Crippen LogP contribution >= 0.6 is 19.4 Å². The molecule has 2 fully saturated rings. The molecule has 12 heteroatoms. The number of anilines is 1. The Morgan fingerprint density at radius 1 is 1.41 bits per heavy atom. The van der Waals surface area contributed by atoms with Crippen molar-refractivity contribution in [2.24, 2.45) is 0 Å². The standard InChI is InChI=1S/C10H13N5O5PS/c11-8-5-9(13-2-12-8)15(3-14-5)10-6(16)7-4(19-10)1-18-21(17,22)20-7/h2-4,6-7,10,16-17,22H,1H2,(H2,11,12,13)/q+1/t4?,6?,7-,10-,21?/m1/s1. The van der Waals surface area contributed by atoms with Crippen molar-refractivity contribution in [2.45, 2.75) is 24.5 Å². The Morgan fingerprint density at radius 3 is 3.05 bits per heavy atom. The Balaban J connectivity index is 1.70. The first-order valence-electron chi connectivity index (χ1n) is 6.40. The van der Waals surface area contributed by atoms with E-state index in [1.165, 1.54) is 12.7 Å². The van der Waals surface area contributed by atoms with Crippen LogP contribution in [0.25, 0.3) is 11.2 Å². The fourth-order valence-electron chi connectivity index (χ4n) is 2.63. The smallest absolute Gasteiger partial charge is 0.385 e. The van der Waals surface area contributed by atoms with Crippen molar-refractivity contribution in [3.63, 3.8) is 0 Å². The van der Waals surface area contributed by atoms with Gasteiger partial charge in [0.15, 0.2) is 23.8 Å². The lowest BCUT2D eigenvalue weighted by Crippen LogP contribution is -2.39. The predicted octanol–water partition coefficient (Wildman–Crippen LogP) is -0.318. The Labute approximate surface area is 130 Å². The molecular formula is C10H13N5O5PS+. The number of rotatable bonds is 1. The van der Waals surface area contributed by atoms with E-state index in [-0.39, 0.29) is 12.4 Å². The van der Waals surface area contributed by atoms with Crippen LogP contribution in [0, 0.1) is 0 Å². The van der Waals surface area contributed by atoms with Crippen molar-refractivity contribution in [1.29, 1.82) is 0 Å². The van der Waals surface area contributed by atoms with Gasteiger partial charge in [0.2, 0.25) is 0 Å². The van der Waals surface area contributed by atoms with E-state index < -0.39 is 31.7 Å². The maximum absolute atomic E-state index is 10.5. The van der Waals surface area contributed by atoms with E-state index >= 15 is 0 Å². The van der Waals surface area contributed by atoms with E-state index in [0.717, 1.165) is 0 Å². The van der Waals surface area contributed by atoms with Gasteiger partial charge >= 0.3 is 7.15 Å². The van der Waals surface area contributed by atoms with E-state index in [2.05, 4.69) is 27.2 Å². The van der Waals surface area contributed by atoms with Crippen LogP contribution in [0.2, 0.25) is 0 Å². The first-order valence-corrected chi connectivity index (χ1v) is 9.13. The third kappa shape index (κ3) is 2.17. The normalized spacial score (nSPS) is 38.3. The van der Waals surface area contributed by atoms with Crippen molar-refractivity contribution in [2.75, 3.05) is 12.3 Å². The Hall–Kier alpha value is -1.07. The third-order valence-electron chi connectivity index (χ3n) is 3.64. The Bertz CT molecular complexity index is 729. The molecule has 5 atom stereocenters. The number of thiol groups is 1. The third-order valence-corrected chi connectivity index (χ3v) is 5.27. The van der Waals surface area contributed by atoms with Crippen LogP contribution in [-0.2, 0) is 13.8 Å². The summed E-state index contributed by atoms with van der Waals surface area (Å²) in [4.78, 5) is 21.9. The number of hydrogen-bond acceptors (Lipinski definition) is 10. The SMILES string of the molecule is Nc1ncnc2c1ncn2[C@@H]1OC2CO[P+](O)(S)O[C@H]2C1O. The second kappa shape index (κ2) is 4.96. The van der Waals surface area contributed by atoms with Gasteiger partial charge in [0, 0.05) is 0 Å². The van der Waals surface area contributed by atoms with Crippen molar-refractivity contribution in [3.05, 3.63) is 12.7 Å². The molecule has 3 unspecified atom stereocenters. The van der Waals surface area contributed by atoms with E-state index in [0.29, 0.717) is 11.2 Å². The van der Waals surface area contributed by atoms with Gasteiger partial charge in [0.05, 0.1) is 18.6 Å². The average molecular weight is 346 g/mol. The van der Waals surface area contributed by atoms with Gasteiger partial charge in [-0.3, -0.25) is 4.57 Å². The van der Waals surface area contributed by atoms with Crippen LogP contribution in [0.1, 0.15) is 6.23 Å². The Morgan fingerprint density at radius 2 is 2.23 bits per heavy atom. The summed E-state index contributed by atoms with van der Waals surface area (Å²) >= 11 is 3.92. The maximum atomic E-state index is 10.5. The van der Waals surface area contributed by atoms with Gasteiger partial charge in [-0.2, -0.15) is 13.9 Å². The zero-order valence-electron chi connectivity index (χ0n) is 11.1. The van der Waals surface area contributed by atoms with Crippen molar-refractivity contribution >= 4 is 36.4 Å². The first-order chi connectivity index (χ1) is 10.5. The number of hydrogen-bond donors (Lipinski definition) is 4. The molecule has 4 N–H and O–H groups in total. The van der Waals surface area contributed by atoms with Crippen LogP contribution < -0.4 is 5.73 Å². The fraction of sp³-hybridized carbons (Fsp3) is 0.500. The number of fused-ring (bicyclic) bond motifs is 2. The topological polar surface area (TPSA) is 138 Å². The molecule has 4 heterocycles. The molecule has 2 aromatic heterocycles. The van der Waals surface area contributed by atoms with Gasteiger partial charge in [-0.1, -0.05) is 0 Å². The molecule has 4 rings (SSSR count). The summed E-state index contributed by atoms with van der Waals surface area (Å²) < 4.78 is 17.7. The number of nitrogen functional groups attached to an aromatic ring is 1. The minimum atomic E-state index is -3.22. The van der Waals surface area contributed by atoms with Crippen LogP contribution in [-0.4, -0.2) is 54.4 Å². The molecule has 0 saturated carbocycles. The number of ether oxygens (including phenoxy) is 1. The summed E-state index contributed by atoms with van der Waals surface area (Å²) in [6.45, 7) is 0.0791. The van der Waals surface area contributed by atoms with Gasteiger partial charge < -0.3 is 15.6 Å². The zero-order chi connectivity index (χ0) is 15.5. The predicted molar refractivity (Wildman–Crippen MR) is 78.6 cm³/mol. The second-order valence-electron chi connectivity index (χ2n) is 5.00. The molecule has 0 aliphatic carbocycles. The summed E-state index contributed by atoms with van der Waals surface area (Å²) in [6.07, 6.45) is -0.327. The monoisotopic (exact) mass is 346 g/mol. The highest BCUT2D eigenvalue weighted by Gasteiger charge is 2.58. The number of aliphatic hydroxyl groups is 1. The first kappa shape index (κ1) is 14.5. The minimum absolute atomic E-state index is 0.0791. The summed E-state index contributed by atoms with van der Waals surface area (Å²) in [7, 11) is -3.22. The van der Waals surface area contributed by atoms with Crippen LogP contribution in [0.4, 0.5) is 5.82 Å². The molecule has 0 amide bonds. The van der Waals surface area contributed by atoms with E-state index in [4.69, 9.17) is 19.5 Å².